The molecule has 9 heteroatoms. The van der Waals surface area contributed by atoms with Gasteiger partial charge in [0.1, 0.15) is 0 Å². The standard InChI is InChI=1S/2NO3.U/c2*2-1(3)4;/q2*-1;+2. The van der Waals surface area contributed by atoms with E-state index in [0.717, 1.165) is 0 Å². The molecule has 0 bridgehead atoms. The molecular weight excluding hydrogens is 362 g/mol. The first-order valence-electron chi connectivity index (χ1n) is 1.10. The Labute approximate surface area is 72.1 Å². The molecule has 0 aromatic heterocycles. The molecule has 0 saturated carbocycles. The molecule has 50 valence electrons. The van der Waals surface area contributed by atoms with Crippen LogP contribution in [0.5, 0.6) is 0 Å². The second kappa shape index (κ2) is 10.4. The van der Waals surface area contributed by atoms with Gasteiger partial charge in [0.25, 0.3) is 0 Å². The molecule has 0 saturated heterocycles. The van der Waals surface area contributed by atoms with E-state index in [9.17, 15) is 0 Å². The first-order chi connectivity index (χ1) is 3.46. The van der Waals surface area contributed by atoms with E-state index in [1.54, 1.807) is 0 Å². The molecule has 0 aromatic rings. The van der Waals surface area contributed by atoms with Gasteiger partial charge in [-0.3, -0.25) is 0 Å². The summed E-state index contributed by atoms with van der Waals surface area (Å²) in [5.74, 6) is 0. The number of rotatable bonds is 0. The summed E-state index contributed by atoms with van der Waals surface area (Å²) in [6.07, 6.45) is 0. The average Bonchev–Trinajstić information content (AvgIpc) is 1.25. The van der Waals surface area contributed by atoms with Crippen LogP contribution in [0.15, 0.2) is 0 Å². The van der Waals surface area contributed by atoms with Crippen molar-refractivity contribution in [3.05, 3.63) is 30.6 Å². The van der Waals surface area contributed by atoms with Crippen LogP contribution in [0.4, 0.5) is 0 Å². The zero-order valence-corrected chi connectivity index (χ0v) is 8.01. The Morgan fingerprint density at radius 1 is 0.778 bits per heavy atom. The number of nitrogens with zero attached hydrogens (tertiary/aromatic N) is 2. The van der Waals surface area contributed by atoms with Gasteiger partial charge in [0.2, 0.25) is 0 Å². The van der Waals surface area contributed by atoms with Crippen LogP contribution in [-0.2, 0) is 0 Å². The Balaban J connectivity index is -0.0000000720. The van der Waals surface area contributed by atoms with Crippen LogP contribution in [-0.4, -0.2) is 10.2 Å². The Morgan fingerprint density at radius 2 is 0.778 bits per heavy atom. The summed E-state index contributed by atoms with van der Waals surface area (Å²) in [5, 5.41) is 29.5. The molecule has 9 heavy (non-hydrogen) atoms. The Kier molecular flexibility index (Phi) is 18.3. The van der Waals surface area contributed by atoms with Crippen LogP contribution in [0.1, 0.15) is 0 Å². The summed E-state index contributed by atoms with van der Waals surface area (Å²) in [6, 6.07) is 0. The van der Waals surface area contributed by atoms with Crippen LogP contribution in [0.25, 0.3) is 0 Å². The molecule has 0 radical (unpaired) electrons. The molecule has 0 aliphatic rings. The monoisotopic (exact) mass is 362 g/mol. The maximum absolute atomic E-state index is 8.25. The molecule has 0 aliphatic carbocycles. The van der Waals surface area contributed by atoms with E-state index in [2.05, 4.69) is 0 Å². The second-order valence-electron chi connectivity index (χ2n) is 0.447. The van der Waals surface area contributed by atoms with E-state index in [4.69, 9.17) is 30.6 Å². The fourth-order valence-electron chi connectivity index (χ4n) is 0. The van der Waals surface area contributed by atoms with Crippen molar-refractivity contribution in [2.24, 2.45) is 0 Å². The van der Waals surface area contributed by atoms with Gasteiger partial charge in [-0.1, -0.05) is 0 Å². The second-order valence-corrected chi connectivity index (χ2v) is 0.447. The molecular formula is N2O6U. The Morgan fingerprint density at radius 3 is 0.778 bits per heavy atom. The molecule has 0 amide bonds. The topological polar surface area (TPSA) is 132 Å². The van der Waals surface area contributed by atoms with Gasteiger partial charge in [-0.2, -0.15) is 0 Å². The Hall–Kier alpha value is -0.548. The summed E-state index contributed by atoms with van der Waals surface area (Å²) >= 11 is 0. The summed E-state index contributed by atoms with van der Waals surface area (Å²) in [5.41, 5.74) is 0. The minimum absolute atomic E-state index is 0. The molecule has 0 N–H and O–H groups in total. The van der Waals surface area contributed by atoms with Crippen molar-refractivity contribution in [2.75, 3.05) is 0 Å². The van der Waals surface area contributed by atoms with Crippen molar-refractivity contribution in [2.45, 2.75) is 0 Å². The van der Waals surface area contributed by atoms with Crippen molar-refractivity contribution in [1.29, 1.82) is 0 Å². The summed E-state index contributed by atoms with van der Waals surface area (Å²) < 4.78 is 0. The van der Waals surface area contributed by atoms with Gasteiger partial charge in [0, 0.05) is 0 Å². The summed E-state index contributed by atoms with van der Waals surface area (Å²) in [4.78, 5) is 16.5. The zero-order chi connectivity index (χ0) is 7.15. The van der Waals surface area contributed by atoms with Crippen molar-refractivity contribution < 1.29 is 41.3 Å². The van der Waals surface area contributed by atoms with Gasteiger partial charge in [0.15, 0.2) is 0 Å². The van der Waals surface area contributed by atoms with Crippen molar-refractivity contribution in [3.63, 3.8) is 0 Å². The van der Waals surface area contributed by atoms with Gasteiger partial charge in [-0.15, -0.1) is 0 Å². The summed E-state index contributed by atoms with van der Waals surface area (Å²) in [7, 11) is 0. The molecule has 0 aromatic carbocycles. The quantitative estimate of drug-likeness (QED) is 0.422. The van der Waals surface area contributed by atoms with Crippen LogP contribution in [0.3, 0.4) is 0 Å². The van der Waals surface area contributed by atoms with Gasteiger partial charge in [-0.05, 0) is 0 Å². The third kappa shape index (κ3) is 737. The molecule has 0 rings (SSSR count). The minimum Gasteiger partial charge on any atom is -0.356 e. The molecule has 0 spiro atoms. The smallest absolute Gasteiger partial charge is 0.356 e. The molecule has 0 aliphatic heterocycles. The van der Waals surface area contributed by atoms with Gasteiger partial charge in [0.05, 0.1) is 10.2 Å². The number of hydrogen-bond donors (Lipinski definition) is 0. The molecule has 8 nitrogen and oxygen atoms in total. The van der Waals surface area contributed by atoms with Crippen molar-refractivity contribution >= 4 is 0 Å². The van der Waals surface area contributed by atoms with E-state index in [0.29, 0.717) is 0 Å². The van der Waals surface area contributed by atoms with Crippen LogP contribution >= 0.6 is 0 Å². The maximum atomic E-state index is 8.25. The fourth-order valence-corrected chi connectivity index (χ4v) is 0. The van der Waals surface area contributed by atoms with Crippen LogP contribution < -0.4 is 0 Å². The molecule has 0 heterocycles. The van der Waals surface area contributed by atoms with E-state index >= 15 is 0 Å². The van der Waals surface area contributed by atoms with E-state index < -0.39 is 10.2 Å². The van der Waals surface area contributed by atoms with E-state index in [1.807, 2.05) is 0 Å². The molecule has 0 fully saturated rings. The zero-order valence-electron chi connectivity index (χ0n) is 3.84. The largest absolute Gasteiger partial charge is 2.00 e. The first-order valence-corrected chi connectivity index (χ1v) is 1.10. The predicted molar refractivity (Wildman–Crippen MR) is 20.7 cm³/mol. The summed E-state index contributed by atoms with van der Waals surface area (Å²) in [6.45, 7) is 0. The maximum Gasteiger partial charge on any atom is 2.00 e. The normalized spacial score (nSPS) is 5.33. The third-order valence-electron chi connectivity index (χ3n) is 0. The van der Waals surface area contributed by atoms with Gasteiger partial charge >= 0.3 is 31.1 Å². The Bertz CT molecular complexity index is 69.1. The first kappa shape index (κ1) is 15.8. The van der Waals surface area contributed by atoms with E-state index in [-0.39, 0.29) is 31.1 Å². The molecule has 0 atom stereocenters. The predicted octanol–water partition coefficient (Wildman–Crippen LogP) is -0.478. The van der Waals surface area contributed by atoms with Gasteiger partial charge < -0.3 is 30.6 Å². The minimum atomic E-state index is -1.75. The van der Waals surface area contributed by atoms with Crippen molar-refractivity contribution in [1.82, 2.24) is 0 Å². The fraction of sp³-hybridized carbons (Fsp3) is 0. The SMILES string of the molecule is O=[N+]([O-])[O-].O=[N+]([O-])[O-].[U+2]. The average molecular weight is 362 g/mol. The third-order valence-corrected chi connectivity index (χ3v) is 0. The van der Waals surface area contributed by atoms with Gasteiger partial charge in [-0.25, -0.2) is 0 Å². The molecule has 0 unspecified atom stereocenters. The van der Waals surface area contributed by atoms with Crippen LogP contribution in [0.2, 0.25) is 0 Å². The van der Waals surface area contributed by atoms with Crippen molar-refractivity contribution in [3.8, 4) is 0 Å². The van der Waals surface area contributed by atoms with Crippen LogP contribution in [0, 0.1) is 61.8 Å². The van der Waals surface area contributed by atoms with E-state index in [1.165, 1.54) is 0 Å². The number of hydrogen-bond acceptors (Lipinski definition) is 6.